The summed E-state index contributed by atoms with van der Waals surface area (Å²) in [7, 11) is 1.39. The lowest BCUT2D eigenvalue weighted by molar-refractivity contribution is 0.316. The van der Waals surface area contributed by atoms with Gasteiger partial charge < -0.3 is 15.5 Å². The Morgan fingerprint density at radius 2 is 2.12 bits per heavy atom. The molecule has 0 fully saturated rings. The van der Waals surface area contributed by atoms with Crippen molar-refractivity contribution >= 4 is 0 Å². The molecule has 0 saturated carbocycles. The second-order valence-electron chi connectivity index (χ2n) is 1.06. The maximum Gasteiger partial charge on any atom is 0.255 e. The van der Waals surface area contributed by atoms with Crippen LogP contribution in [0.5, 0.6) is 0 Å². The van der Waals surface area contributed by atoms with Crippen molar-refractivity contribution in [3.05, 3.63) is 11.6 Å². The Bertz CT molecular complexity index is 145. The molecule has 0 aromatic rings. The van der Waals surface area contributed by atoms with Crippen molar-refractivity contribution in [1.29, 1.82) is 5.26 Å². The quantitative estimate of drug-likeness (QED) is 0.255. The minimum absolute atomic E-state index is 0.507. The van der Waals surface area contributed by atoms with E-state index in [9.17, 15) is 0 Å². The fourth-order valence-corrected chi connectivity index (χ4v) is 0.171. The molecule has 0 saturated heterocycles. The minimum atomic E-state index is -0.701. The number of nitrogens with one attached hydrogen (secondary N) is 1. The standard InChI is InChI=1S/C4H6N2O2/c1-6-4(8)3(7)2-5/h6-8H,1H3/b4-3+. The summed E-state index contributed by atoms with van der Waals surface area (Å²) in [6.07, 6.45) is 0. The molecule has 4 nitrogen and oxygen atoms in total. The Hall–Kier alpha value is -1.37. The normalized spacial score (nSPS) is 11.5. The van der Waals surface area contributed by atoms with Gasteiger partial charge in [0.2, 0.25) is 5.88 Å². The second-order valence-corrected chi connectivity index (χ2v) is 1.06. The van der Waals surface area contributed by atoms with Crippen LogP contribution in [0, 0.1) is 11.3 Å². The molecule has 0 aliphatic heterocycles. The van der Waals surface area contributed by atoms with Crippen molar-refractivity contribution in [2.75, 3.05) is 7.05 Å². The molecule has 0 radical (unpaired) electrons. The Kier molecular flexibility index (Phi) is 2.28. The highest BCUT2D eigenvalue weighted by Gasteiger charge is 1.95. The van der Waals surface area contributed by atoms with E-state index in [1.165, 1.54) is 13.1 Å². The first kappa shape index (κ1) is 6.63. The molecule has 0 bridgehead atoms. The predicted octanol–water partition coefficient (Wildman–Crippen LogP) is 0.0145. The molecule has 0 aliphatic carbocycles. The number of rotatable bonds is 1. The first-order chi connectivity index (χ1) is 3.72. The first-order valence-corrected chi connectivity index (χ1v) is 1.92. The SMILES string of the molecule is CN/C(O)=C(\O)C#N. The average molecular weight is 114 g/mol. The summed E-state index contributed by atoms with van der Waals surface area (Å²) in [4.78, 5) is 0. The summed E-state index contributed by atoms with van der Waals surface area (Å²) in [5.41, 5.74) is 0. The van der Waals surface area contributed by atoms with Gasteiger partial charge in [0, 0.05) is 7.05 Å². The number of hydrogen-bond acceptors (Lipinski definition) is 4. The van der Waals surface area contributed by atoms with Crippen LogP contribution in [0.15, 0.2) is 11.6 Å². The fraction of sp³-hybridized carbons (Fsp3) is 0.250. The van der Waals surface area contributed by atoms with Crippen LogP contribution in [0.3, 0.4) is 0 Å². The van der Waals surface area contributed by atoms with Crippen molar-refractivity contribution < 1.29 is 10.2 Å². The van der Waals surface area contributed by atoms with Crippen molar-refractivity contribution in [3.63, 3.8) is 0 Å². The van der Waals surface area contributed by atoms with Gasteiger partial charge in [-0.1, -0.05) is 0 Å². The van der Waals surface area contributed by atoms with Crippen LogP contribution in [0.4, 0.5) is 0 Å². The zero-order valence-electron chi connectivity index (χ0n) is 4.34. The Morgan fingerprint density at radius 3 is 2.25 bits per heavy atom. The molecular weight excluding hydrogens is 108 g/mol. The number of nitrogens with zero attached hydrogens (tertiary/aromatic N) is 1. The molecule has 3 N–H and O–H groups in total. The van der Waals surface area contributed by atoms with Gasteiger partial charge in [0.05, 0.1) is 0 Å². The van der Waals surface area contributed by atoms with Gasteiger partial charge in [-0.3, -0.25) is 0 Å². The molecule has 0 unspecified atom stereocenters. The van der Waals surface area contributed by atoms with Gasteiger partial charge in [-0.15, -0.1) is 0 Å². The molecule has 4 heteroatoms. The van der Waals surface area contributed by atoms with E-state index in [1.54, 1.807) is 0 Å². The third-order valence-electron chi connectivity index (χ3n) is 0.567. The molecule has 0 aromatic carbocycles. The molecule has 8 heavy (non-hydrogen) atoms. The zero-order valence-corrected chi connectivity index (χ0v) is 4.34. The highest BCUT2D eigenvalue weighted by atomic mass is 16.3. The van der Waals surface area contributed by atoms with Crippen LogP contribution < -0.4 is 5.32 Å². The van der Waals surface area contributed by atoms with E-state index in [1.807, 2.05) is 0 Å². The van der Waals surface area contributed by atoms with Gasteiger partial charge in [0.15, 0.2) is 0 Å². The van der Waals surface area contributed by atoms with Crippen LogP contribution >= 0.6 is 0 Å². The Balaban J connectivity index is 4.10. The predicted molar refractivity (Wildman–Crippen MR) is 27.0 cm³/mol. The van der Waals surface area contributed by atoms with Crippen molar-refractivity contribution in [1.82, 2.24) is 5.32 Å². The lowest BCUT2D eigenvalue weighted by atomic mass is 10.6. The van der Waals surface area contributed by atoms with Gasteiger partial charge >= 0.3 is 0 Å². The number of aliphatic hydroxyl groups excluding tert-OH is 2. The Morgan fingerprint density at radius 1 is 1.62 bits per heavy atom. The van der Waals surface area contributed by atoms with Gasteiger partial charge in [-0.2, -0.15) is 5.26 Å². The van der Waals surface area contributed by atoms with Crippen molar-refractivity contribution in [3.8, 4) is 6.07 Å². The van der Waals surface area contributed by atoms with E-state index >= 15 is 0 Å². The maximum absolute atomic E-state index is 8.42. The van der Waals surface area contributed by atoms with E-state index in [0.29, 0.717) is 0 Å². The number of hydrogen-bond donors (Lipinski definition) is 3. The lowest BCUT2D eigenvalue weighted by Crippen LogP contribution is -2.07. The van der Waals surface area contributed by atoms with Crippen LogP contribution in [0.1, 0.15) is 0 Å². The van der Waals surface area contributed by atoms with Crippen LogP contribution in [0.2, 0.25) is 0 Å². The van der Waals surface area contributed by atoms with Gasteiger partial charge in [0.25, 0.3) is 5.76 Å². The van der Waals surface area contributed by atoms with Crippen molar-refractivity contribution in [2.24, 2.45) is 0 Å². The van der Waals surface area contributed by atoms with Gasteiger partial charge in [-0.25, -0.2) is 0 Å². The first-order valence-electron chi connectivity index (χ1n) is 1.92. The number of allylic oxidation sites excluding steroid dienone is 1. The second kappa shape index (κ2) is 2.75. The van der Waals surface area contributed by atoms with E-state index in [0.717, 1.165) is 0 Å². The third-order valence-corrected chi connectivity index (χ3v) is 0.567. The van der Waals surface area contributed by atoms with Gasteiger partial charge in [-0.05, 0) is 0 Å². The fourth-order valence-electron chi connectivity index (χ4n) is 0.171. The molecular formula is C4H6N2O2. The highest BCUT2D eigenvalue weighted by molar-refractivity contribution is 5.13. The maximum atomic E-state index is 8.42. The zero-order chi connectivity index (χ0) is 6.57. The van der Waals surface area contributed by atoms with Crippen molar-refractivity contribution in [2.45, 2.75) is 0 Å². The summed E-state index contributed by atoms with van der Waals surface area (Å²) >= 11 is 0. The van der Waals surface area contributed by atoms with E-state index in [4.69, 9.17) is 15.5 Å². The Labute approximate surface area is 46.7 Å². The highest BCUT2D eigenvalue weighted by Crippen LogP contribution is 1.87. The average Bonchev–Trinajstić information content (AvgIpc) is 1.84. The minimum Gasteiger partial charge on any atom is -0.496 e. The summed E-state index contributed by atoms with van der Waals surface area (Å²) in [5, 5.41) is 26.8. The van der Waals surface area contributed by atoms with Crippen LogP contribution in [-0.2, 0) is 0 Å². The molecule has 44 valence electrons. The lowest BCUT2D eigenvalue weighted by Gasteiger charge is -1.93. The monoisotopic (exact) mass is 114 g/mol. The smallest absolute Gasteiger partial charge is 0.255 e. The summed E-state index contributed by atoms with van der Waals surface area (Å²) in [5.74, 6) is -1.21. The number of nitriles is 1. The summed E-state index contributed by atoms with van der Waals surface area (Å²) < 4.78 is 0. The molecule has 0 heterocycles. The summed E-state index contributed by atoms with van der Waals surface area (Å²) in [6.45, 7) is 0. The molecule has 0 amide bonds. The van der Waals surface area contributed by atoms with Crippen LogP contribution in [0.25, 0.3) is 0 Å². The summed E-state index contributed by atoms with van der Waals surface area (Å²) in [6, 6.07) is 1.34. The van der Waals surface area contributed by atoms with E-state index < -0.39 is 11.6 Å². The molecule has 0 aromatic heterocycles. The topological polar surface area (TPSA) is 76.3 Å². The molecule has 0 spiro atoms. The van der Waals surface area contributed by atoms with E-state index in [-0.39, 0.29) is 0 Å². The molecule has 0 aliphatic rings. The molecule has 0 rings (SSSR count). The number of aliphatic hydroxyl groups is 2. The van der Waals surface area contributed by atoms with Gasteiger partial charge in [0.1, 0.15) is 6.07 Å². The largest absolute Gasteiger partial charge is 0.496 e. The van der Waals surface area contributed by atoms with E-state index in [2.05, 4.69) is 5.32 Å². The molecule has 0 atom stereocenters. The third kappa shape index (κ3) is 1.39. The van der Waals surface area contributed by atoms with Crippen LogP contribution in [-0.4, -0.2) is 17.3 Å².